The van der Waals surface area contributed by atoms with Gasteiger partial charge in [-0.3, -0.25) is 0 Å². The molecule has 1 spiro atoms. The Labute approximate surface area is 141 Å². The molecule has 0 bridgehead atoms. The lowest BCUT2D eigenvalue weighted by molar-refractivity contribution is 0.0711. The maximum absolute atomic E-state index is 13.7. The molecule has 24 heavy (non-hydrogen) atoms. The van der Waals surface area contributed by atoms with Crippen LogP contribution in [0, 0.1) is 12.3 Å². The van der Waals surface area contributed by atoms with Crippen LogP contribution in [-0.4, -0.2) is 28.8 Å². The van der Waals surface area contributed by atoms with E-state index in [0.29, 0.717) is 19.5 Å². The summed E-state index contributed by atoms with van der Waals surface area (Å²) in [7, 11) is 0. The highest BCUT2D eigenvalue weighted by Gasteiger charge is 2.72. The molecule has 1 aromatic heterocycles. The smallest absolute Gasteiger partial charge is 0.256 e. The van der Waals surface area contributed by atoms with Crippen molar-refractivity contribution in [3.63, 3.8) is 0 Å². The van der Waals surface area contributed by atoms with Crippen LogP contribution in [0.3, 0.4) is 0 Å². The molecule has 1 saturated carbocycles. The molecule has 3 nitrogen and oxygen atoms in total. The molecule has 1 aliphatic heterocycles. The van der Waals surface area contributed by atoms with Gasteiger partial charge in [0.15, 0.2) is 0 Å². The number of hydrogen-bond acceptors (Lipinski definition) is 2. The lowest BCUT2D eigenvalue weighted by atomic mass is 10.1. The van der Waals surface area contributed by atoms with Crippen molar-refractivity contribution < 1.29 is 8.78 Å². The fourth-order valence-electron chi connectivity index (χ4n) is 3.84. The standard InChI is InChI=1S/C19H23F2N3/c1-13(2)17-16(23-8-7-18(12-23)11-19(18,20)21)10-24(22-17)15-6-4-5-14(3)9-15/h4-6,9-10,13H,7-8,11-12H2,1-3H3. The largest absolute Gasteiger partial charge is 0.368 e. The maximum Gasteiger partial charge on any atom is 0.256 e. The Bertz CT molecular complexity index is 781. The second-order valence-corrected chi connectivity index (χ2v) is 7.67. The highest BCUT2D eigenvalue weighted by atomic mass is 19.3. The van der Waals surface area contributed by atoms with Crippen LogP contribution in [0.5, 0.6) is 0 Å². The quantitative estimate of drug-likeness (QED) is 0.823. The Hall–Kier alpha value is -1.91. The molecule has 2 aliphatic rings. The Kier molecular flexibility index (Phi) is 3.28. The van der Waals surface area contributed by atoms with E-state index in [0.717, 1.165) is 17.1 Å². The molecule has 0 N–H and O–H groups in total. The van der Waals surface area contributed by atoms with Crippen LogP contribution in [0.25, 0.3) is 5.69 Å². The van der Waals surface area contributed by atoms with Crippen molar-refractivity contribution in [1.82, 2.24) is 9.78 Å². The van der Waals surface area contributed by atoms with E-state index in [9.17, 15) is 8.78 Å². The Balaban J connectivity index is 1.68. The summed E-state index contributed by atoms with van der Waals surface area (Å²) < 4.78 is 29.3. The molecule has 1 atom stereocenters. The molecule has 1 unspecified atom stereocenters. The van der Waals surface area contributed by atoms with Crippen LogP contribution < -0.4 is 4.90 Å². The van der Waals surface area contributed by atoms with Gasteiger partial charge in [-0.1, -0.05) is 26.0 Å². The number of halogens is 2. The van der Waals surface area contributed by atoms with Crippen LogP contribution in [0.1, 0.15) is 43.9 Å². The molecule has 0 amide bonds. The van der Waals surface area contributed by atoms with E-state index in [2.05, 4.69) is 37.8 Å². The SMILES string of the molecule is Cc1cccc(-n2cc(N3CCC4(C3)CC4(F)F)c(C(C)C)n2)c1. The first-order chi connectivity index (χ1) is 11.3. The van der Waals surface area contributed by atoms with Crippen LogP contribution in [0.2, 0.25) is 0 Å². The predicted octanol–water partition coefficient (Wildman–Crippen LogP) is 4.54. The molecule has 1 aliphatic carbocycles. The Morgan fingerprint density at radius 2 is 2.00 bits per heavy atom. The summed E-state index contributed by atoms with van der Waals surface area (Å²) in [5.41, 5.74) is 3.39. The third kappa shape index (κ3) is 2.33. The molecule has 2 aromatic rings. The molecule has 128 valence electrons. The monoisotopic (exact) mass is 331 g/mol. The number of nitrogens with zero attached hydrogens (tertiary/aromatic N) is 3. The van der Waals surface area contributed by atoms with Gasteiger partial charge in [0.2, 0.25) is 0 Å². The van der Waals surface area contributed by atoms with Crippen molar-refractivity contribution in [3.05, 3.63) is 41.7 Å². The molecular formula is C19H23F2N3. The summed E-state index contributed by atoms with van der Waals surface area (Å²) in [6.07, 6.45) is 2.62. The summed E-state index contributed by atoms with van der Waals surface area (Å²) in [4.78, 5) is 2.11. The molecule has 2 fully saturated rings. The molecule has 4 rings (SSSR count). The average molecular weight is 331 g/mol. The summed E-state index contributed by atoms with van der Waals surface area (Å²) in [5.74, 6) is -2.23. The lowest BCUT2D eigenvalue weighted by Crippen LogP contribution is -2.23. The van der Waals surface area contributed by atoms with Crippen molar-refractivity contribution in [1.29, 1.82) is 0 Å². The second kappa shape index (κ2) is 5.04. The molecule has 1 aromatic carbocycles. The molecule has 0 radical (unpaired) electrons. The first kappa shape index (κ1) is 15.6. The van der Waals surface area contributed by atoms with E-state index < -0.39 is 11.3 Å². The van der Waals surface area contributed by atoms with E-state index in [4.69, 9.17) is 5.10 Å². The lowest BCUT2D eigenvalue weighted by Gasteiger charge is -2.19. The Morgan fingerprint density at radius 1 is 1.25 bits per heavy atom. The highest BCUT2D eigenvalue weighted by Crippen LogP contribution is 2.65. The van der Waals surface area contributed by atoms with Gasteiger partial charge >= 0.3 is 0 Å². The van der Waals surface area contributed by atoms with E-state index in [1.54, 1.807) is 0 Å². The van der Waals surface area contributed by atoms with Gasteiger partial charge in [0, 0.05) is 19.5 Å². The number of alkyl halides is 2. The van der Waals surface area contributed by atoms with Gasteiger partial charge in [0.25, 0.3) is 5.92 Å². The minimum Gasteiger partial charge on any atom is -0.368 e. The van der Waals surface area contributed by atoms with Crippen LogP contribution >= 0.6 is 0 Å². The van der Waals surface area contributed by atoms with Gasteiger partial charge in [-0.2, -0.15) is 5.10 Å². The first-order valence-electron chi connectivity index (χ1n) is 8.61. The fourth-order valence-corrected chi connectivity index (χ4v) is 3.84. The molecule has 5 heteroatoms. The maximum atomic E-state index is 13.7. The normalized spacial score (nSPS) is 25.0. The first-order valence-corrected chi connectivity index (χ1v) is 8.61. The highest BCUT2D eigenvalue weighted by molar-refractivity contribution is 5.55. The summed E-state index contributed by atoms with van der Waals surface area (Å²) in [5, 5.41) is 4.76. The topological polar surface area (TPSA) is 21.1 Å². The van der Waals surface area contributed by atoms with Crippen molar-refractivity contribution in [2.75, 3.05) is 18.0 Å². The third-order valence-corrected chi connectivity index (χ3v) is 5.44. The second-order valence-electron chi connectivity index (χ2n) is 7.67. The van der Waals surface area contributed by atoms with Gasteiger partial charge in [-0.25, -0.2) is 13.5 Å². The van der Waals surface area contributed by atoms with Gasteiger partial charge in [0.1, 0.15) is 0 Å². The van der Waals surface area contributed by atoms with Crippen LogP contribution in [0.15, 0.2) is 30.5 Å². The molecular weight excluding hydrogens is 308 g/mol. The zero-order chi connectivity index (χ0) is 17.1. The van der Waals surface area contributed by atoms with Crippen molar-refractivity contribution in [2.45, 2.75) is 45.5 Å². The van der Waals surface area contributed by atoms with Crippen molar-refractivity contribution in [3.8, 4) is 5.69 Å². The van der Waals surface area contributed by atoms with E-state index in [1.165, 1.54) is 5.56 Å². The number of aryl methyl sites for hydroxylation is 1. The predicted molar refractivity (Wildman–Crippen MR) is 91.2 cm³/mol. The number of aromatic nitrogens is 2. The summed E-state index contributed by atoms with van der Waals surface area (Å²) in [6.45, 7) is 7.39. The summed E-state index contributed by atoms with van der Waals surface area (Å²) in [6, 6.07) is 8.17. The number of hydrogen-bond donors (Lipinski definition) is 0. The number of rotatable bonds is 3. The molecule has 1 saturated heterocycles. The summed E-state index contributed by atoms with van der Waals surface area (Å²) >= 11 is 0. The van der Waals surface area contributed by atoms with Gasteiger partial charge in [-0.15, -0.1) is 0 Å². The minimum absolute atomic E-state index is 0.0412. The third-order valence-electron chi connectivity index (χ3n) is 5.44. The Morgan fingerprint density at radius 3 is 2.58 bits per heavy atom. The van der Waals surface area contributed by atoms with Gasteiger partial charge in [0.05, 0.1) is 28.7 Å². The zero-order valence-electron chi connectivity index (χ0n) is 14.4. The van der Waals surface area contributed by atoms with Gasteiger partial charge < -0.3 is 4.90 Å². The van der Waals surface area contributed by atoms with Crippen LogP contribution in [-0.2, 0) is 0 Å². The fraction of sp³-hybridized carbons (Fsp3) is 0.526. The minimum atomic E-state index is -2.48. The van der Waals surface area contributed by atoms with E-state index in [1.807, 2.05) is 23.0 Å². The zero-order valence-corrected chi connectivity index (χ0v) is 14.4. The van der Waals surface area contributed by atoms with Crippen molar-refractivity contribution >= 4 is 5.69 Å². The molecule has 2 heterocycles. The van der Waals surface area contributed by atoms with Crippen molar-refractivity contribution in [2.24, 2.45) is 5.41 Å². The van der Waals surface area contributed by atoms with E-state index in [-0.39, 0.29) is 12.3 Å². The van der Waals surface area contributed by atoms with Crippen LogP contribution in [0.4, 0.5) is 14.5 Å². The van der Waals surface area contributed by atoms with Gasteiger partial charge in [-0.05, 0) is 37.0 Å². The number of anilines is 1. The average Bonchev–Trinajstić information content (AvgIpc) is 2.92. The van der Waals surface area contributed by atoms with E-state index >= 15 is 0 Å². The number of benzene rings is 1.